The van der Waals surface area contributed by atoms with Gasteiger partial charge < -0.3 is 34.2 Å². The van der Waals surface area contributed by atoms with Crippen LogP contribution in [0.2, 0.25) is 0 Å². The first-order valence-electron chi connectivity index (χ1n) is 26.9. The van der Waals surface area contributed by atoms with Gasteiger partial charge in [0.15, 0.2) is 5.82 Å². The molecule has 3 heterocycles. The molecule has 0 spiro atoms. The summed E-state index contributed by atoms with van der Waals surface area (Å²) in [6.45, 7) is 6.23. The lowest BCUT2D eigenvalue weighted by atomic mass is 9.77. The average Bonchev–Trinajstić information content (AvgIpc) is 3.97. The standard InChI is InChI=1S/C66H62F2N6O5/c1-45(75)73(55-29-35-78-36-30-55)62-42-56(72-33-31-71(2)32-34-72)23-28-59(62)65(76)69-64-61-40-49(37-47-38-53(67)41-54(68)39-47)60(48-21-26-58(27-22-48)79-44-46-19-24-57(77-3)25-20-46)43-63(61)74(70-64)66(50-13-7-4-8-14-50,51-15-9-5-10-16-51)52-17-11-6-12-18-52/h4-28,38-43,55H,29-37,44H2,1-3H3,(H,69,70,76). The molecule has 2 saturated heterocycles. The van der Waals surface area contributed by atoms with Gasteiger partial charge in [0.25, 0.3) is 5.91 Å². The number of nitrogens with zero attached hydrogens (tertiary/aromatic N) is 5. The molecule has 0 radical (unpaired) electrons. The van der Waals surface area contributed by atoms with Crippen molar-refractivity contribution in [2.75, 3.05) is 68.7 Å². The van der Waals surface area contributed by atoms with Crippen molar-refractivity contribution in [2.24, 2.45) is 0 Å². The van der Waals surface area contributed by atoms with Crippen molar-refractivity contribution in [1.82, 2.24) is 14.7 Å². The Balaban J connectivity index is 1.12. The lowest BCUT2D eigenvalue weighted by Crippen LogP contribution is -2.45. The van der Waals surface area contributed by atoms with E-state index in [1.165, 1.54) is 12.1 Å². The van der Waals surface area contributed by atoms with Crippen molar-refractivity contribution >= 4 is 39.9 Å². The Labute approximate surface area is 459 Å². The maximum atomic E-state index is 15.6. The van der Waals surface area contributed by atoms with Gasteiger partial charge in [-0.2, -0.15) is 5.10 Å². The number of methoxy groups -OCH3 is 1. The number of piperazine rings is 1. The molecule has 400 valence electrons. The summed E-state index contributed by atoms with van der Waals surface area (Å²) in [5, 5.41) is 9.46. The lowest BCUT2D eigenvalue weighted by molar-refractivity contribution is -0.117. The number of aromatic nitrogens is 2. The zero-order chi connectivity index (χ0) is 54.5. The van der Waals surface area contributed by atoms with E-state index in [9.17, 15) is 4.79 Å². The molecule has 2 aliphatic rings. The molecule has 1 aromatic heterocycles. The van der Waals surface area contributed by atoms with Crippen molar-refractivity contribution in [1.29, 1.82) is 0 Å². The van der Waals surface area contributed by atoms with Gasteiger partial charge in [-0.05, 0) is 138 Å². The van der Waals surface area contributed by atoms with E-state index in [2.05, 4.69) is 64.6 Å². The van der Waals surface area contributed by atoms with Gasteiger partial charge in [-0.1, -0.05) is 115 Å². The van der Waals surface area contributed by atoms with Crippen LogP contribution in [0.5, 0.6) is 11.5 Å². The third-order valence-corrected chi connectivity index (χ3v) is 15.3. The molecule has 11 rings (SSSR count). The van der Waals surface area contributed by atoms with Crippen molar-refractivity contribution in [3.05, 3.63) is 239 Å². The van der Waals surface area contributed by atoms with Crippen LogP contribution >= 0.6 is 0 Å². The second-order valence-electron chi connectivity index (χ2n) is 20.4. The SMILES string of the molecule is COc1ccc(COc2ccc(-c3cc4c(cc3Cc3cc(F)cc(F)c3)c(NC(=O)c3ccc(N5CCN(C)CC5)cc3N(C(C)=O)C3CCOCC3)nn4C(c3ccccc3)(c3ccccc3)c3ccccc3)cc2)cc1. The molecular weight excluding hydrogens is 995 g/mol. The molecular formula is C66H62F2N6O5. The topological polar surface area (TPSA) is 101 Å². The Morgan fingerprint density at radius 3 is 1.87 bits per heavy atom. The number of rotatable bonds is 16. The van der Waals surface area contributed by atoms with Gasteiger partial charge in [0.2, 0.25) is 5.91 Å². The first-order chi connectivity index (χ1) is 38.5. The Kier molecular flexibility index (Phi) is 15.3. The quantitative estimate of drug-likeness (QED) is 0.0955. The maximum Gasteiger partial charge on any atom is 0.259 e. The molecule has 13 heteroatoms. The molecule has 0 atom stereocenters. The molecule has 0 bridgehead atoms. The predicted octanol–water partition coefficient (Wildman–Crippen LogP) is 12.5. The number of carbonyl (C=O) groups is 2. The zero-order valence-electron chi connectivity index (χ0n) is 44.6. The van der Waals surface area contributed by atoms with E-state index in [-0.39, 0.29) is 24.2 Å². The van der Waals surface area contributed by atoms with E-state index in [1.807, 2.05) is 132 Å². The molecule has 2 amide bonds. The van der Waals surface area contributed by atoms with E-state index in [0.717, 1.165) is 82.6 Å². The Morgan fingerprint density at radius 1 is 0.696 bits per heavy atom. The summed E-state index contributed by atoms with van der Waals surface area (Å²) in [7, 11) is 3.74. The average molecular weight is 1060 g/mol. The fourth-order valence-electron chi connectivity index (χ4n) is 11.3. The molecule has 9 aromatic rings. The van der Waals surface area contributed by atoms with Crippen LogP contribution in [-0.4, -0.2) is 86.1 Å². The van der Waals surface area contributed by atoms with Gasteiger partial charge in [-0.3, -0.25) is 9.59 Å². The summed E-state index contributed by atoms with van der Waals surface area (Å²) < 4.78 is 49.6. The number of nitrogens with one attached hydrogen (secondary N) is 1. The minimum Gasteiger partial charge on any atom is -0.497 e. The third kappa shape index (κ3) is 11.0. The van der Waals surface area contributed by atoms with Crippen LogP contribution in [-0.2, 0) is 28.1 Å². The number of hydrogen-bond donors (Lipinski definition) is 1. The Bertz CT molecular complexity index is 3470. The van der Waals surface area contributed by atoms with E-state index < -0.39 is 23.1 Å². The van der Waals surface area contributed by atoms with Gasteiger partial charge >= 0.3 is 0 Å². The van der Waals surface area contributed by atoms with Crippen molar-refractivity contribution in [3.8, 4) is 22.6 Å². The summed E-state index contributed by atoms with van der Waals surface area (Å²) in [5.41, 5.74) is 7.70. The van der Waals surface area contributed by atoms with E-state index in [0.29, 0.717) is 66.1 Å². The Morgan fingerprint density at radius 2 is 1.29 bits per heavy atom. The molecule has 0 unspecified atom stereocenters. The number of halogens is 2. The van der Waals surface area contributed by atoms with Crippen molar-refractivity contribution in [3.63, 3.8) is 0 Å². The summed E-state index contributed by atoms with van der Waals surface area (Å²) >= 11 is 0. The monoisotopic (exact) mass is 1060 g/mol. The van der Waals surface area contributed by atoms with Gasteiger partial charge in [-0.15, -0.1) is 0 Å². The fraction of sp³-hybridized carbons (Fsp3) is 0.227. The van der Waals surface area contributed by atoms with Gasteiger partial charge in [0.1, 0.15) is 35.3 Å². The summed E-state index contributed by atoms with van der Waals surface area (Å²) in [6, 6.07) is 59.2. The smallest absolute Gasteiger partial charge is 0.259 e. The van der Waals surface area contributed by atoms with E-state index in [4.69, 9.17) is 19.3 Å². The highest BCUT2D eigenvalue weighted by Crippen LogP contribution is 2.45. The summed E-state index contributed by atoms with van der Waals surface area (Å²) in [5.74, 6) is -0.354. The van der Waals surface area contributed by atoms with E-state index >= 15 is 13.6 Å². The van der Waals surface area contributed by atoms with Crippen LogP contribution in [0.25, 0.3) is 22.0 Å². The van der Waals surface area contributed by atoms with Crippen LogP contribution in [0, 0.1) is 11.6 Å². The Hall–Kier alpha value is -8.65. The predicted molar refractivity (Wildman–Crippen MR) is 307 cm³/mol. The number of anilines is 3. The van der Waals surface area contributed by atoms with Gasteiger partial charge in [-0.25, -0.2) is 13.5 Å². The second-order valence-corrected chi connectivity index (χ2v) is 20.4. The fourth-order valence-corrected chi connectivity index (χ4v) is 11.3. The summed E-state index contributed by atoms with van der Waals surface area (Å²) in [4.78, 5) is 35.9. The molecule has 79 heavy (non-hydrogen) atoms. The second kappa shape index (κ2) is 23.1. The van der Waals surface area contributed by atoms with E-state index in [1.54, 1.807) is 18.9 Å². The number of hydrogen-bond acceptors (Lipinski definition) is 8. The number of carbonyl (C=O) groups excluding carboxylic acids is 2. The molecule has 8 aromatic carbocycles. The first-order valence-corrected chi connectivity index (χ1v) is 26.9. The number of benzene rings is 8. The minimum atomic E-state index is -1.14. The first kappa shape index (κ1) is 52.4. The summed E-state index contributed by atoms with van der Waals surface area (Å²) in [6.07, 6.45) is 1.37. The highest BCUT2D eigenvalue weighted by molar-refractivity contribution is 6.13. The molecule has 0 saturated carbocycles. The number of fused-ring (bicyclic) bond motifs is 1. The maximum absolute atomic E-state index is 15.6. The van der Waals surface area contributed by atoms with Crippen molar-refractivity contribution < 1.29 is 32.6 Å². The molecule has 2 aliphatic heterocycles. The minimum absolute atomic E-state index is 0.131. The number of ether oxygens (including phenoxy) is 3. The molecule has 2 fully saturated rings. The van der Waals surface area contributed by atoms with Crippen molar-refractivity contribution in [2.45, 2.75) is 44.4 Å². The zero-order valence-corrected chi connectivity index (χ0v) is 44.6. The normalized spacial score (nSPS) is 14.3. The van der Waals surface area contributed by atoms with Crippen LogP contribution < -0.4 is 24.6 Å². The van der Waals surface area contributed by atoms with Crippen LogP contribution in [0.1, 0.15) is 63.5 Å². The van der Waals surface area contributed by atoms with Crippen LogP contribution in [0.4, 0.5) is 26.0 Å². The lowest BCUT2D eigenvalue weighted by Gasteiger charge is -2.37. The number of likely N-dealkylation sites (N-methyl/N-ethyl adjacent to an activating group) is 1. The molecule has 1 N–H and O–H groups in total. The molecule has 11 nitrogen and oxygen atoms in total. The number of amides is 2. The van der Waals surface area contributed by atoms with Crippen LogP contribution in [0.3, 0.4) is 0 Å². The van der Waals surface area contributed by atoms with Gasteiger partial charge in [0.05, 0.1) is 23.9 Å². The largest absolute Gasteiger partial charge is 0.497 e. The highest BCUT2D eigenvalue weighted by atomic mass is 19.1. The highest BCUT2D eigenvalue weighted by Gasteiger charge is 2.42. The van der Waals surface area contributed by atoms with Crippen LogP contribution in [0.15, 0.2) is 188 Å². The third-order valence-electron chi connectivity index (χ3n) is 15.3. The molecule has 0 aliphatic carbocycles. The van der Waals surface area contributed by atoms with Gasteiger partial charge in [0, 0.05) is 69.5 Å².